The van der Waals surface area contributed by atoms with Crippen LogP contribution in [0.25, 0.3) is 0 Å². The number of carbonyl (C=O) groups excluding carboxylic acids is 1. The van der Waals surface area contributed by atoms with Gasteiger partial charge in [-0.15, -0.1) is 10.2 Å². The highest BCUT2D eigenvalue weighted by atomic mass is 35.5. The molecule has 23 heavy (non-hydrogen) atoms. The molecule has 0 aliphatic carbocycles. The summed E-state index contributed by atoms with van der Waals surface area (Å²) in [7, 11) is 0. The van der Waals surface area contributed by atoms with Gasteiger partial charge in [0.05, 0.1) is 18.2 Å². The topological polar surface area (TPSA) is 73.3 Å². The lowest BCUT2D eigenvalue weighted by molar-refractivity contribution is 0.102. The Balaban J connectivity index is 2.22. The maximum absolute atomic E-state index is 12.3. The number of amides is 1. The zero-order valence-electron chi connectivity index (χ0n) is 13.0. The van der Waals surface area contributed by atoms with E-state index >= 15 is 0 Å². The van der Waals surface area contributed by atoms with Gasteiger partial charge in [0.25, 0.3) is 5.91 Å². The number of benzene rings is 1. The molecule has 0 aliphatic heterocycles. The van der Waals surface area contributed by atoms with Crippen molar-refractivity contribution in [2.75, 3.05) is 18.5 Å². The van der Waals surface area contributed by atoms with Gasteiger partial charge in [-0.25, -0.2) is 0 Å². The molecule has 6 nitrogen and oxygen atoms in total. The fourth-order valence-corrected chi connectivity index (χ4v) is 2.52. The molecule has 0 spiro atoms. The zero-order valence-corrected chi connectivity index (χ0v) is 14.5. The fraction of sp³-hybridized carbons (Fsp3) is 0.400. The summed E-state index contributed by atoms with van der Waals surface area (Å²) in [5.41, 5.74) is 1.91. The van der Waals surface area contributed by atoms with Crippen molar-refractivity contribution in [1.82, 2.24) is 10.2 Å². The minimum Gasteiger partial charge on any atom is -0.490 e. The second-order valence-electron chi connectivity index (χ2n) is 4.62. The van der Waals surface area contributed by atoms with Gasteiger partial charge in [-0.1, -0.05) is 36.3 Å². The number of carbonyl (C=O) groups is 1. The van der Waals surface area contributed by atoms with E-state index in [1.807, 2.05) is 6.92 Å². The fourth-order valence-electron chi connectivity index (χ4n) is 1.82. The maximum atomic E-state index is 12.3. The van der Waals surface area contributed by atoms with Crippen molar-refractivity contribution in [1.29, 1.82) is 0 Å². The number of halogens is 1. The second-order valence-corrected chi connectivity index (χ2v) is 5.86. The first kappa shape index (κ1) is 17.5. The lowest BCUT2D eigenvalue weighted by Crippen LogP contribution is -2.12. The molecular formula is C15H18ClN3O3S. The van der Waals surface area contributed by atoms with Gasteiger partial charge in [0.1, 0.15) is 5.51 Å². The van der Waals surface area contributed by atoms with Crippen molar-refractivity contribution in [2.24, 2.45) is 0 Å². The lowest BCUT2D eigenvalue weighted by Gasteiger charge is -2.14. The van der Waals surface area contributed by atoms with E-state index in [1.54, 1.807) is 17.6 Å². The van der Waals surface area contributed by atoms with E-state index < -0.39 is 0 Å². The first-order chi connectivity index (χ1) is 11.2. The number of nitrogens with one attached hydrogen (secondary N) is 1. The van der Waals surface area contributed by atoms with Crippen molar-refractivity contribution >= 4 is 34.0 Å². The first-order valence-electron chi connectivity index (χ1n) is 7.32. The molecule has 1 N–H and O–H groups in total. The zero-order chi connectivity index (χ0) is 16.7. The molecule has 2 aromatic rings. The Kier molecular flexibility index (Phi) is 6.61. The molecular weight excluding hydrogens is 338 g/mol. The highest BCUT2D eigenvalue weighted by Crippen LogP contribution is 2.37. The minimum absolute atomic E-state index is 0.329. The number of aromatic nitrogens is 2. The van der Waals surface area contributed by atoms with Gasteiger partial charge in [0.15, 0.2) is 11.5 Å². The summed E-state index contributed by atoms with van der Waals surface area (Å²) in [5.74, 6) is 0.595. The summed E-state index contributed by atoms with van der Waals surface area (Å²) in [6.45, 7) is 4.93. The van der Waals surface area contributed by atoms with Crippen LogP contribution in [0.15, 0.2) is 17.6 Å². The molecule has 0 aliphatic rings. The number of anilines is 1. The van der Waals surface area contributed by atoms with Crippen molar-refractivity contribution in [2.45, 2.75) is 26.7 Å². The van der Waals surface area contributed by atoms with E-state index in [1.165, 1.54) is 11.3 Å². The van der Waals surface area contributed by atoms with Crippen molar-refractivity contribution < 1.29 is 14.3 Å². The maximum Gasteiger partial charge on any atom is 0.257 e. The van der Waals surface area contributed by atoms with E-state index in [-0.39, 0.29) is 5.91 Å². The Morgan fingerprint density at radius 1 is 1.35 bits per heavy atom. The van der Waals surface area contributed by atoms with Crippen LogP contribution in [0.5, 0.6) is 11.5 Å². The molecule has 8 heteroatoms. The van der Waals surface area contributed by atoms with Crippen molar-refractivity contribution in [3.8, 4) is 11.5 Å². The SMILES string of the molecule is CCCCOc1c(Cl)cc(C(=O)Nc2nncs2)cc1OCC. The smallest absolute Gasteiger partial charge is 0.257 e. The second kappa shape index (κ2) is 8.69. The number of hydrogen-bond acceptors (Lipinski definition) is 6. The predicted octanol–water partition coefficient (Wildman–Crippen LogP) is 4.02. The molecule has 0 radical (unpaired) electrons. The quantitative estimate of drug-likeness (QED) is 0.724. The van der Waals surface area contributed by atoms with E-state index in [9.17, 15) is 4.79 Å². The first-order valence-corrected chi connectivity index (χ1v) is 8.58. The van der Waals surface area contributed by atoms with Crippen molar-refractivity contribution in [3.05, 3.63) is 28.2 Å². The summed E-state index contributed by atoms with van der Waals surface area (Å²) in [5, 5.41) is 10.9. The van der Waals surface area contributed by atoms with Gasteiger partial charge in [0, 0.05) is 5.56 Å². The van der Waals surface area contributed by atoms with Crippen LogP contribution < -0.4 is 14.8 Å². The summed E-state index contributed by atoms with van der Waals surface area (Å²) >= 11 is 7.50. The lowest BCUT2D eigenvalue weighted by atomic mass is 10.2. The Hall–Kier alpha value is -1.86. The summed E-state index contributed by atoms with van der Waals surface area (Å²) in [6.07, 6.45) is 1.94. The Morgan fingerprint density at radius 2 is 2.17 bits per heavy atom. The Morgan fingerprint density at radius 3 is 2.83 bits per heavy atom. The molecule has 0 saturated heterocycles. The Labute approximate surface area is 143 Å². The van der Waals surface area contributed by atoms with Crippen LogP contribution in [-0.2, 0) is 0 Å². The molecule has 0 atom stereocenters. The summed E-state index contributed by atoms with van der Waals surface area (Å²) < 4.78 is 11.3. The van der Waals surface area contributed by atoms with Gasteiger partial charge in [-0.05, 0) is 25.5 Å². The predicted molar refractivity (Wildman–Crippen MR) is 90.9 cm³/mol. The van der Waals surface area contributed by atoms with Gasteiger partial charge in [-0.3, -0.25) is 10.1 Å². The Bertz CT molecular complexity index is 650. The highest BCUT2D eigenvalue weighted by molar-refractivity contribution is 7.13. The molecule has 0 fully saturated rings. The molecule has 1 aromatic carbocycles. The van der Waals surface area contributed by atoms with Crippen LogP contribution in [0.4, 0.5) is 5.13 Å². The van der Waals surface area contributed by atoms with Crippen LogP contribution in [0.1, 0.15) is 37.0 Å². The van der Waals surface area contributed by atoms with Crippen LogP contribution in [0.3, 0.4) is 0 Å². The van der Waals surface area contributed by atoms with Gasteiger partial charge >= 0.3 is 0 Å². The largest absolute Gasteiger partial charge is 0.490 e. The normalized spacial score (nSPS) is 10.4. The standard InChI is InChI=1S/C15H18ClN3O3S/c1-3-5-6-22-13-11(16)7-10(8-12(13)21-4-2)14(20)18-15-19-17-9-23-15/h7-9H,3-6H2,1-2H3,(H,18,19,20). The average molecular weight is 356 g/mol. The summed E-state index contributed by atoms with van der Waals surface area (Å²) in [4.78, 5) is 12.3. The molecule has 0 bridgehead atoms. The van der Waals surface area contributed by atoms with Crippen LogP contribution in [-0.4, -0.2) is 29.3 Å². The molecule has 124 valence electrons. The van der Waals surface area contributed by atoms with Crippen molar-refractivity contribution in [3.63, 3.8) is 0 Å². The van der Waals surface area contributed by atoms with E-state index in [0.29, 0.717) is 40.4 Å². The number of nitrogens with zero attached hydrogens (tertiary/aromatic N) is 2. The molecule has 0 unspecified atom stereocenters. The average Bonchev–Trinajstić information content (AvgIpc) is 3.03. The van der Waals surface area contributed by atoms with Gasteiger partial charge in [-0.2, -0.15) is 0 Å². The number of ether oxygens (including phenoxy) is 2. The monoisotopic (exact) mass is 355 g/mol. The molecule has 1 aromatic heterocycles. The third-order valence-electron chi connectivity index (χ3n) is 2.90. The summed E-state index contributed by atoms with van der Waals surface area (Å²) in [6, 6.07) is 3.18. The molecule has 1 heterocycles. The van der Waals surface area contributed by atoms with E-state index in [4.69, 9.17) is 21.1 Å². The third-order valence-corrected chi connectivity index (χ3v) is 3.78. The van der Waals surface area contributed by atoms with E-state index in [0.717, 1.165) is 12.8 Å². The van der Waals surface area contributed by atoms with E-state index in [2.05, 4.69) is 22.4 Å². The number of unbranched alkanes of at least 4 members (excludes halogenated alkanes) is 1. The van der Waals surface area contributed by atoms with Crippen LogP contribution >= 0.6 is 22.9 Å². The van der Waals surface area contributed by atoms with Gasteiger partial charge < -0.3 is 9.47 Å². The molecule has 0 saturated carbocycles. The van der Waals surface area contributed by atoms with Crippen LogP contribution in [0, 0.1) is 0 Å². The third kappa shape index (κ3) is 4.80. The van der Waals surface area contributed by atoms with Crippen LogP contribution in [0.2, 0.25) is 5.02 Å². The minimum atomic E-state index is -0.329. The number of hydrogen-bond donors (Lipinski definition) is 1. The molecule has 1 amide bonds. The highest BCUT2D eigenvalue weighted by Gasteiger charge is 2.17. The molecule has 2 rings (SSSR count). The van der Waals surface area contributed by atoms with Gasteiger partial charge in [0.2, 0.25) is 5.13 Å². The number of rotatable bonds is 8.